The summed E-state index contributed by atoms with van der Waals surface area (Å²) in [7, 11) is 1.50. The highest BCUT2D eigenvalue weighted by molar-refractivity contribution is 5.99. The third-order valence-corrected chi connectivity index (χ3v) is 4.48. The van der Waals surface area contributed by atoms with E-state index in [4.69, 9.17) is 4.74 Å². The summed E-state index contributed by atoms with van der Waals surface area (Å²) in [5, 5.41) is 9.61. The molecule has 3 rings (SSSR count). The molecule has 1 aromatic heterocycles. The van der Waals surface area contributed by atoms with E-state index in [-0.39, 0.29) is 23.8 Å². The number of hydrogen-bond donors (Lipinski definition) is 2. The first-order valence-electron chi connectivity index (χ1n) is 8.56. The smallest absolute Gasteiger partial charge is 0.383 e. The number of amides is 1. The van der Waals surface area contributed by atoms with Crippen molar-refractivity contribution in [2.24, 2.45) is 0 Å². The Bertz CT molecular complexity index is 792. The molecule has 1 aliphatic heterocycles. The zero-order chi connectivity index (χ0) is 19.6. The molecule has 0 fully saturated rings. The van der Waals surface area contributed by atoms with Crippen molar-refractivity contribution in [3.05, 3.63) is 47.7 Å². The lowest BCUT2D eigenvalue weighted by molar-refractivity contribution is -0.173. The van der Waals surface area contributed by atoms with Crippen LogP contribution in [-0.2, 0) is 4.74 Å². The van der Waals surface area contributed by atoms with E-state index in [1.54, 1.807) is 37.3 Å². The zero-order valence-electron chi connectivity index (χ0n) is 15.0. The van der Waals surface area contributed by atoms with Gasteiger partial charge in [-0.15, -0.1) is 0 Å². The first-order valence-corrected chi connectivity index (χ1v) is 8.56. The largest absolute Gasteiger partial charge is 0.410 e. The van der Waals surface area contributed by atoms with Gasteiger partial charge in [-0.3, -0.25) is 4.79 Å². The first-order chi connectivity index (χ1) is 12.8. The molecule has 2 heterocycles. The highest BCUT2D eigenvalue weighted by Crippen LogP contribution is 2.44. The average molecular weight is 382 g/mol. The third kappa shape index (κ3) is 4.08. The number of nitrogens with zero attached hydrogens (tertiary/aromatic N) is 2. The molecule has 1 aliphatic rings. The molecule has 1 aromatic carbocycles. The molecule has 27 heavy (non-hydrogen) atoms. The van der Waals surface area contributed by atoms with Gasteiger partial charge in [0.2, 0.25) is 0 Å². The lowest BCUT2D eigenvalue weighted by Crippen LogP contribution is -2.38. The lowest BCUT2D eigenvalue weighted by Gasteiger charge is -2.34. The maximum absolute atomic E-state index is 13.6. The maximum Gasteiger partial charge on any atom is 0.410 e. The highest BCUT2D eigenvalue weighted by Gasteiger charge is 2.47. The van der Waals surface area contributed by atoms with Gasteiger partial charge in [0.1, 0.15) is 11.4 Å². The Morgan fingerprint density at radius 3 is 2.74 bits per heavy atom. The SMILES string of the molecule is COC[C@@H](C)NC(=O)c1cnn2c1N[C@H](c1ccccc1)C[C@@H]2C(F)(F)F. The molecule has 6 nitrogen and oxygen atoms in total. The number of halogens is 3. The van der Waals surface area contributed by atoms with E-state index in [0.717, 1.165) is 10.2 Å². The predicted octanol–water partition coefficient (Wildman–Crippen LogP) is 3.31. The molecular formula is C18H21F3N4O2. The van der Waals surface area contributed by atoms with Crippen molar-refractivity contribution in [2.45, 2.75) is 37.6 Å². The van der Waals surface area contributed by atoms with Gasteiger partial charge in [0, 0.05) is 19.6 Å². The molecule has 0 unspecified atom stereocenters. The highest BCUT2D eigenvalue weighted by atomic mass is 19.4. The molecule has 0 radical (unpaired) electrons. The summed E-state index contributed by atoms with van der Waals surface area (Å²) < 4.78 is 46.7. The molecule has 0 saturated heterocycles. The van der Waals surface area contributed by atoms with Gasteiger partial charge in [-0.1, -0.05) is 30.3 Å². The summed E-state index contributed by atoms with van der Waals surface area (Å²) >= 11 is 0. The van der Waals surface area contributed by atoms with Crippen molar-refractivity contribution in [1.82, 2.24) is 15.1 Å². The number of nitrogens with one attached hydrogen (secondary N) is 2. The van der Waals surface area contributed by atoms with Crippen molar-refractivity contribution in [3.8, 4) is 0 Å². The Balaban J connectivity index is 1.94. The van der Waals surface area contributed by atoms with Gasteiger partial charge in [-0.05, 0) is 12.5 Å². The summed E-state index contributed by atoms with van der Waals surface area (Å²) in [6.45, 7) is 2.04. The van der Waals surface area contributed by atoms with Crippen LogP contribution in [0.15, 0.2) is 36.5 Å². The molecule has 0 aliphatic carbocycles. The number of carbonyl (C=O) groups is 1. The van der Waals surface area contributed by atoms with Crippen molar-refractivity contribution in [2.75, 3.05) is 19.0 Å². The fourth-order valence-corrected chi connectivity index (χ4v) is 3.23. The molecule has 0 spiro atoms. The maximum atomic E-state index is 13.6. The van der Waals surface area contributed by atoms with Gasteiger partial charge in [-0.25, -0.2) is 4.68 Å². The molecule has 3 atom stereocenters. The molecule has 2 N–H and O–H groups in total. The number of ether oxygens (including phenoxy) is 1. The Morgan fingerprint density at radius 1 is 1.41 bits per heavy atom. The molecule has 9 heteroatoms. The molecule has 146 valence electrons. The van der Waals surface area contributed by atoms with Crippen LogP contribution in [0.2, 0.25) is 0 Å². The van der Waals surface area contributed by atoms with Crippen LogP contribution in [0.1, 0.15) is 41.3 Å². The summed E-state index contributed by atoms with van der Waals surface area (Å²) in [4.78, 5) is 12.5. The van der Waals surface area contributed by atoms with Crippen molar-refractivity contribution < 1.29 is 22.7 Å². The average Bonchev–Trinajstić information content (AvgIpc) is 3.05. The van der Waals surface area contributed by atoms with Crippen LogP contribution < -0.4 is 10.6 Å². The topological polar surface area (TPSA) is 68.2 Å². The second-order valence-electron chi connectivity index (χ2n) is 6.58. The number of methoxy groups -OCH3 is 1. The number of carbonyl (C=O) groups excluding carboxylic acids is 1. The van der Waals surface area contributed by atoms with Gasteiger partial charge in [0.15, 0.2) is 6.04 Å². The lowest BCUT2D eigenvalue weighted by atomic mass is 9.96. The van der Waals surface area contributed by atoms with Gasteiger partial charge < -0.3 is 15.4 Å². The number of rotatable bonds is 5. The molecule has 0 saturated carbocycles. The molecule has 2 aromatic rings. The second-order valence-corrected chi connectivity index (χ2v) is 6.58. The monoisotopic (exact) mass is 382 g/mol. The Morgan fingerprint density at radius 2 is 2.11 bits per heavy atom. The van der Waals surface area contributed by atoms with Gasteiger partial charge >= 0.3 is 6.18 Å². The van der Waals surface area contributed by atoms with Gasteiger partial charge in [0.25, 0.3) is 5.91 Å². The fraction of sp³-hybridized carbons (Fsp3) is 0.444. The van der Waals surface area contributed by atoms with E-state index in [0.29, 0.717) is 6.61 Å². The van der Waals surface area contributed by atoms with Crippen LogP contribution >= 0.6 is 0 Å². The molecular weight excluding hydrogens is 361 g/mol. The third-order valence-electron chi connectivity index (χ3n) is 4.48. The first kappa shape index (κ1) is 19.2. The van der Waals surface area contributed by atoms with Crippen LogP contribution in [0.4, 0.5) is 19.0 Å². The van der Waals surface area contributed by atoms with Crippen molar-refractivity contribution in [3.63, 3.8) is 0 Å². The van der Waals surface area contributed by atoms with Crippen molar-refractivity contribution >= 4 is 11.7 Å². The van der Waals surface area contributed by atoms with Gasteiger partial charge in [0.05, 0.1) is 18.8 Å². The quantitative estimate of drug-likeness (QED) is 0.833. The van der Waals surface area contributed by atoms with Crippen LogP contribution in [0.25, 0.3) is 0 Å². The normalized spacial score (nSPS) is 20.5. The number of benzene rings is 1. The second kappa shape index (κ2) is 7.59. The van der Waals surface area contributed by atoms with E-state index in [2.05, 4.69) is 15.7 Å². The zero-order valence-corrected chi connectivity index (χ0v) is 15.0. The number of fused-ring (bicyclic) bond motifs is 1. The van der Waals surface area contributed by atoms with Crippen LogP contribution in [0.3, 0.4) is 0 Å². The van der Waals surface area contributed by atoms with E-state index in [1.165, 1.54) is 13.3 Å². The predicted molar refractivity (Wildman–Crippen MR) is 93.5 cm³/mol. The minimum Gasteiger partial charge on any atom is -0.383 e. The van der Waals surface area contributed by atoms with Crippen LogP contribution in [0.5, 0.6) is 0 Å². The Hall–Kier alpha value is -2.55. The fourth-order valence-electron chi connectivity index (χ4n) is 3.23. The van der Waals surface area contributed by atoms with Gasteiger partial charge in [-0.2, -0.15) is 18.3 Å². The summed E-state index contributed by atoms with van der Waals surface area (Å²) in [5.74, 6) is -0.428. The van der Waals surface area contributed by atoms with Crippen molar-refractivity contribution in [1.29, 1.82) is 0 Å². The molecule has 1 amide bonds. The Kier molecular flexibility index (Phi) is 5.41. The molecule has 0 bridgehead atoms. The van der Waals surface area contributed by atoms with Crippen LogP contribution in [0, 0.1) is 0 Å². The Labute approximate surface area is 154 Å². The number of anilines is 1. The number of hydrogen-bond acceptors (Lipinski definition) is 4. The summed E-state index contributed by atoms with van der Waals surface area (Å²) in [5.41, 5.74) is 0.797. The summed E-state index contributed by atoms with van der Waals surface area (Å²) in [6, 6.07) is 6.19. The van der Waals surface area contributed by atoms with E-state index < -0.39 is 24.2 Å². The van der Waals surface area contributed by atoms with Crippen LogP contribution in [-0.4, -0.2) is 41.6 Å². The van der Waals surface area contributed by atoms with E-state index in [9.17, 15) is 18.0 Å². The minimum absolute atomic E-state index is 0.0690. The minimum atomic E-state index is -4.48. The summed E-state index contributed by atoms with van der Waals surface area (Å²) in [6.07, 6.45) is -3.51. The number of alkyl halides is 3. The standard InChI is InChI=1S/C18H21F3N4O2/c1-11(10-27-2)23-17(26)13-9-22-25-15(18(19,20)21)8-14(24-16(13)25)12-6-4-3-5-7-12/h3-7,9,11,14-15,24H,8,10H2,1-2H3,(H,23,26)/t11-,14+,15-/m1/s1. The number of aromatic nitrogens is 2. The van der Waals surface area contributed by atoms with E-state index >= 15 is 0 Å². The van der Waals surface area contributed by atoms with E-state index in [1.807, 2.05) is 0 Å².